The number of rotatable bonds is 7. The first-order valence-electron chi connectivity index (χ1n) is 8.66. The Morgan fingerprint density at radius 2 is 1.89 bits per heavy atom. The van der Waals surface area contributed by atoms with Crippen molar-refractivity contribution in [2.24, 2.45) is 4.99 Å². The lowest BCUT2D eigenvalue weighted by Gasteiger charge is -2.14. The highest BCUT2D eigenvalue weighted by Crippen LogP contribution is 2.26. The minimum absolute atomic E-state index is 0. The first-order valence-corrected chi connectivity index (χ1v) is 9.86. The maximum Gasteiger partial charge on any atom is 0.253 e. The molecule has 1 amide bonds. The topological polar surface area (TPSA) is 77.0 Å². The Labute approximate surface area is 192 Å². The number of thiophene rings is 1. The van der Waals surface area contributed by atoms with Gasteiger partial charge in [0.25, 0.3) is 5.91 Å². The number of aliphatic hydroxyl groups excluding tert-OH is 1. The van der Waals surface area contributed by atoms with E-state index < -0.39 is 6.10 Å². The van der Waals surface area contributed by atoms with Gasteiger partial charge >= 0.3 is 0 Å². The van der Waals surface area contributed by atoms with Crippen LogP contribution in [0.1, 0.15) is 33.8 Å². The fourth-order valence-electron chi connectivity index (χ4n) is 2.32. The molecule has 6 nitrogen and oxygen atoms in total. The average molecular weight is 537 g/mol. The molecule has 1 aromatic heterocycles. The number of benzene rings is 1. The van der Waals surface area contributed by atoms with Crippen LogP contribution in [-0.4, -0.2) is 49.1 Å². The van der Waals surface area contributed by atoms with E-state index in [-0.39, 0.29) is 29.9 Å². The van der Waals surface area contributed by atoms with Crippen LogP contribution in [0.25, 0.3) is 0 Å². The van der Waals surface area contributed by atoms with Crippen molar-refractivity contribution in [3.63, 3.8) is 0 Å². The summed E-state index contributed by atoms with van der Waals surface area (Å²) >= 11 is 7.27. The summed E-state index contributed by atoms with van der Waals surface area (Å²) in [6.45, 7) is 3.49. The Bertz CT molecular complexity index is 780. The fourth-order valence-corrected chi connectivity index (χ4v) is 3.37. The largest absolute Gasteiger partial charge is 0.386 e. The van der Waals surface area contributed by atoms with E-state index in [0.29, 0.717) is 35.5 Å². The van der Waals surface area contributed by atoms with Gasteiger partial charge in [-0.05, 0) is 36.8 Å². The summed E-state index contributed by atoms with van der Waals surface area (Å²) in [6, 6.07) is 11.0. The number of nitrogens with one attached hydrogen (secondary N) is 2. The molecular weight excluding hydrogens is 511 g/mol. The summed E-state index contributed by atoms with van der Waals surface area (Å²) < 4.78 is 0.654. The van der Waals surface area contributed by atoms with Crippen molar-refractivity contribution in [1.29, 1.82) is 0 Å². The van der Waals surface area contributed by atoms with Crippen molar-refractivity contribution in [2.75, 3.05) is 27.2 Å². The predicted molar refractivity (Wildman–Crippen MR) is 127 cm³/mol. The molecule has 1 atom stereocenters. The number of aliphatic imine (C=N–C) groups is 1. The predicted octanol–water partition coefficient (Wildman–Crippen LogP) is 3.51. The maximum absolute atomic E-state index is 11.9. The highest BCUT2D eigenvalue weighted by atomic mass is 127. The first kappa shape index (κ1) is 24.7. The third-order valence-corrected chi connectivity index (χ3v) is 5.09. The SMILES string of the molecule is CCNC(=NCc1ccc(C(=O)N(C)C)cc1)NCC(O)c1ccc(Cl)s1.I. The molecule has 0 spiro atoms. The van der Waals surface area contributed by atoms with Gasteiger partial charge in [0, 0.05) is 37.6 Å². The van der Waals surface area contributed by atoms with Crippen LogP contribution in [-0.2, 0) is 6.54 Å². The van der Waals surface area contributed by atoms with E-state index in [0.717, 1.165) is 10.4 Å². The Morgan fingerprint density at radius 1 is 1.21 bits per heavy atom. The summed E-state index contributed by atoms with van der Waals surface area (Å²) in [7, 11) is 3.46. The Kier molecular flexibility index (Phi) is 10.8. The summed E-state index contributed by atoms with van der Waals surface area (Å²) in [4.78, 5) is 18.8. The van der Waals surface area contributed by atoms with Crippen molar-refractivity contribution in [2.45, 2.75) is 19.6 Å². The molecule has 0 radical (unpaired) electrons. The molecule has 0 fully saturated rings. The number of nitrogens with zero attached hydrogens (tertiary/aromatic N) is 2. The number of hydrogen-bond donors (Lipinski definition) is 3. The summed E-state index contributed by atoms with van der Waals surface area (Å²) in [5, 5.41) is 16.5. The van der Waals surface area contributed by atoms with Crippen LogP contribution in [0.4, 0.5) is 0 Å². The number of amides is 1. The lowest BCUT2D eigenvalue weighted by molar-refractivity contribution is 0.0827. The van der Waals surface area contributed by atoms with Crippen molar-refractivity contribution >= 4 is 58.8 Å². The van der Waals surface area contributed by atoms with Crippen LogP contribution >= 0.6 is 46.9 Å². The molecule has 9 heteroatoms. The quantitative estimate of drug-likeness (QED) is 0.288. The zero-order valence-electron chi connectivity index (χ0n) is 16.1. The van der Waals surface area contributed by atoms with Gasteiger partial charge in [0.15, 0.2) is 5.96 Å². The average Bonchev–Trinajstić information content (AvgIpc) is 3.10. The zero-order valence-corrected chi connectivity index (χ0v) is 20.0. The highest BCUT2D eigenvalue weighted by molar-refractivity contribution is 14.0. The molecule has 1 unspecified atom stereocenters. The standard InChI is InChI=1S/C19H25ClN4O2S.HI/c1-4-21-19(23-12-15(25)16-9-10-17(20)27-16)22-11-13-5-7-14(8-6-13)18(26)24(2)3;/h5-10,15,25H,4,11-12H2,1-3H3,(H2,21,22,23);1H. The minimum atomic E-state index is -0.650. The number of carbonyl (C=O) groups is 1. The summed E-state index contributed by atoms with van der Waals surface area (Å²) in [5.41, 5.74) is 1.64. The van der Waals surface area contributed by atoms with Crippen molar-refractivity contribution < 1.29 is 9.90 Å². The molecular formula is C19H26ClIN4O2S. The Balaban J connectivity index is 0.00000392. The third kappa shape index (κ3) is 7.57. The van der Waals surface area contributed by atoms with Crippen molar-refractivity contribution in [1.82, 2.24) is 15.5 Å². The van der Waals surface area contributed by atoms with Crippen LogP contribution < -0.4 is 10.6 Å². The first-order chi connectivity index (χ1) is 12.9. The second-order valence-corrected chi connectivity index (χ2v) is 7.88. The van der Waals surface area contributed by atoms with Gasteiger partial charge < -0.3 is 20.6 Å². The van der Waals surface area contributed by atoms with Gasteiger partial charge in [-0.1, -0.05) is 23.7 Å². The molecule has 154 valence electrons. The van der Waals surface area contributed by atoms with Crippen LogP contribution in [0.5, 0.6) is 0 Å². The molecule has 2 aromatic rings. The van der Waals surface area contributed by atoms with E-state index in [1.54, 1.807) is 37.2 Å². The van der Waals surface area contributed by atoms with Crippen LogP contribution in [0.2, 0.25) is 4.34 Å². The van der Waals surface area contributed by atoms with Crippen LogP contribution in [0.3, 0.4) is 0 Å². The van der Waals surface area contributed by atoms with Gasteiger partial charge in [-0.15, -0.1) is 35.3 Å². The maximum atomic E-state index is 11.9. The monoisotopic (exact) mass is 536 g/mol. The van der Waals surface area contributed by atoms with Gasteiger partial charge in [0.2, 0.25) is 0 Å². The molecule has 0 aliphatic rings. The van der Waals surface area contributed by atoms with Gasteiger partial charge in [-0.2, -0.15) is 0 Å². The fraction of sp³-hybridized carbons (Fsp3) is 0.368. The van der Waals surface area contributed by atoms with Gasteiger partial charge in [-0.25, -0.2) is 4.99 Å². The van der Waals surface area contributed by atoms with Crippen molar-refractivity contribution in [3.8, 4) is 0 Å². The van der Waals surface area contributed by atoms with Crippen LogP contribution in [0.15, 0.2) is 41.4 Å². The number of halogens is 2. The Hall–Kier alpha value is -1.36. The number of carbonyl (C=O) groups excluding carboxylic acids is 1. The van der Waals surface area contributed by atoms with E-state index in [4.69, 9.17) is 11.6 Å². The van der Waals surface area contributed by atoms with E-state index in [9.17, 15) is 9.90 Å². The second-order valence-electron chi connectivity index (χ2n) is 6.13. The minimum Gasteiger partial charge on any atom is -0.386 e. The Morgan fingerprint density at radius 3 is 2.43 bits per heavy atom. The second kappa shape index (κ2) is 12.3. The van der Waals surface area contributed by atoms with E-state index in [2.05, 4.69) is 15.6 Å². The van der Waals surface area contributed by atoms with Crippen LogP contribution in [0, 0.1) is 0 Å². The molecule has 1 heterocycles. The third-order valence-electron chi connectivity index (χ3n) is 3.76. The molecule has 3 N–H and O–H groups in total. The van der Waals surface area contributed by atoms with Gasteiger partial charge in [0.1, 0.15) is 6.10 Å². The molecule has 0 aliphatic heterocycles. The van der Waals surface area contributed by atoms with E-state index >= 15 is 0 Å². The molecule has 0 saturated carbocycles. The molecule has 28 heavy (non-hydrogen) atoms. The van der Waals surface area contributed by atoms with Crippen molar-refractivity contribution in [3.05, 3.63) is 56.7 Å². The number of guanidine groups is 1. The normalized spacial score (nSPS) is 12.1. The molecule has 1 aromatic carbocycles. The van der Waals surface area contributed by atoms with E-state index in [1.165, 1.54) is 11.3 Å². The van der Waals surface area contributed by atoms with Gasteiger partial charge in [-0.3, -0.25) is 4.79 Å². The lowest BCUT2D eigenvalue weighted by atomic mass is 10.1. The zero-order chi connectivity index (χ0) is 19.8. The van der Waals surface area contributed by atoms with E-state index in [1.807, 2.05) is 25.1 Å². The smallest absolute Gasteiger partial charge is 0.253 e. The summed E-state index contributed by atoms with van der Waals surface area (Å²) in [5.74, 6) is 0.593. The molecule has 2 rings (SSSR count). The van der Waals surface area contributed by atoms with Gasteiger partial charge in [0.05, 0.1) is 10.9 Å². The molecule has 0 saturated heterocycles. The number of aliphatic hydroxyl groups is 1. The summed E-state index contributed by atoms with van der Waals surface area (Å²) in [6.07, 6.45) is -0.650. The highest BCUT2D eigenvalue weighted by Gasteiger charge is 2.11. The molecule has 0 aliphatic carbocycles. The lowest BCUT2D eigenvalue weighted by Crippen LogP contribution is -2.39. The molecule has 0 bridgehead atoms. The number of hydrogen-bond acceptors (Lipinski definition) is 4.